The molecule has 13 aromatic rings. The lowest BCUT2D eigenvalue weighted by Gasteiger charge is -2.33. The minimum absolute atomic E-state index is 0.0966. The smallest absolute Gasteiger partial charge is 0.139 e. The highest BCUT2D eigenvalue weighted by molar-refractivity contribution is 6.20. The van der Waals surface area contributed by atoms with Crippen LogP contribution in [0, 0.1) is 0 Å². The second kappa shape index (κ2) is 18.5. The average molecular weight is 999 g/mol. The number of rotatable bonds is 9. The Kier molecular flexibility index (Phi) is 11.5. The molecule has 0 saturated heterocycles. The molecule has 0 unspecified atom stereocenters. The molecule has 0 atom stereocenters. The maximum Gasteiger partial charge on any atom is 0.139 e. The highest BCUT2D eigenvalue weighted by atomic mass is 16.3. The third-order valence-corrected chi connectivity index (χ3v) is 15.6. The van der Waals surface area contributed by atoms with E-state index in [9.17, 15) is 0 Å². The summed E-state index contributed by atoms with van der Waals surface area (Å²) in [7, 11) is 0. The van der Waals surface area contributed by atoms with Crippen LogP contribution in [0.4, 0.5) is 34.1 Å². The molecule has 0 bridgehead atoms. The molecule has 77 heavy (non-hydrogen) atoms. The molecule has 4 nitrogen and oxygen atoms in total. The Hall–Kier alpha value is -8.86. The van der Waals surface area contributed by atoms with Crippen LogP contribution in [0.2, 0.25) is 0 Å². The van der Waals surface area contributed by atoms with Crippen molar-refractivity contribution in [1.82, 2.24) is 0 Å². The molecular formula is C73H62N2O2. The van der Waals surface area contributed by atoms with Gasteiger partial charge in [-0.2, -0.15) is 0 Å². The minimum Gasteiger partial charge on any atom is -0.456 e. The highest BCUT2D eigenvalue weighted by Gasteiger charge is 2.28. The van der Waals surface area contributed by atoms with Gasteiger partial charge in [0.1, 0.15) is 22.3 Å². The first kappa shape index (κ1) is 47.8. The predicted molar refractivity (Wildman–Crippen MR) is 328 cm³/mol. The zero-order valence-electron chi connectivity index (χ0n) is 45.2. The Morgan fingerprint density at radius 2 is 0.779 bits per heavy atom. The molecular weight excluding hydrogens is 937 g/mol. The number of anilines is 6. The minimum atomic E-state index is -0.0966. The van der Waals surface area contributed by atoms with E-state index < -0.39 is 0 Å². The molecule has 0 N–H and O–H groups in total. The van der Waals surface area contributed by atoms with Gasteiger partial charge in [-0.1, -0.05) is 201 Å². The Balaban J connectivity index is 0.957. The van der Waals surface area contributed by atoms with Crippen LogP contribution >= 0.6 is 0 Å². The summed E-state index contributed by atoms with van der Waals surface area (Å²) < 4.78 is 14.1. The second-order valence-electron chi connectivity index (χ2n) is 23.1. The van der Waals surface area contributed by atoms with E-state index in [0.29, 0.717) is 0 Å². The molecule has 0 fully saturated rings. The quantitative estimate of drug-likeness (QED) is 0.144. The summed E-state index contributed by atoms with van der Waals surface area (Å²) in [6, 6.07) is 81.7. The molecule has 0 saturated carbocycles. The lowest BCUT2D eigenvalue weighted by molar-refractivity contribution is 0.590. The van der Waals surface area contributed by atoms with E-state index in [1.54, 1.807) is 0 Å². The number of furan rings is 2. The van der Waals surface area contributed by atoms with Gasteiger partial charge >= 0.3 is 0 Å². The van der Waals surface area contributed by atoms with Gasteiger partial charge in [0.2, 0.25) is 0 Å². The molecule has 0 aliphatic carbocycles. The van der Waals surface area contributed by atoms with E-state index in [4.69, 9.17) is 8.83 Å². The molecule has 0 amide bonds. The summed E-state index contributed by atoms with van der Waals surface area (Å²) in [5.74, 6) is 0.156. The Morgan fingerprint density at radius 1 is 0.351 bits per heavy atom. The van der Waals surface area contributed by atoms with Gasteiger partial charge in [-0.05, 0) is 139 Å². The average Bonchev–Trinajstić information content (AvgIpc) is 4.04. The van der Waals surface area contributed by atoms with Crippen molar-refractivity contribution in [2.45, 2.75) is 72.1 Å². The maximum absolute atomic E-state index is 7.12. The third-order valence-electron chi connectivity index (χ3n) is 15.6. The first-order chi connectivity index (χ1) is 37.3. The molecule has 11 aromatic carbocycles. The van der Waals surface area contributed by atoms with Gasteiger partial charge < -0.3 is 18.6 Å². The van der Waals surface area contributed by atoms with Crippen LogP contribution in [0.15, 0.2) is 233 Å². The molecule has 0 aliphatic rings. The van der Waals surface area contributed by atoms with Gasteiger partial charge in [0.05, 0.1) is 11.4 Å². The molecule has 376 valence electrons. The van der Waals surface area contributed by atoms with Gasteiger partial charge in [0.25, 0.3) is 0 Å². The van der Waals surface area contributed by atoms with Gasteiger partial charge in [-0.15, -0.1) is 0 Å². The lowest BCUT2D eigenvalue weighted by atomic mass is 9.85. The SMILES string of the molecule is CC(C)c1c2oc3cc4cc(N(c5ccccc5-c5ccccc5)c5ccccc5C(C)(C)C)ccc4cc3c2cc2oc3cc4cc(N(c5ccccc5-c5ccccc5)c5ccccc5C(C)(C)C)ccc4cc3c12. The lowest BCUT2D eigenvalue weighted by Crippen LogP contribution is -2.19. The fraction of sp³-hybridized carbons (Fsp3) is 0.151. The van der Waals surface area contributed by atoms with E-state index in [-0.39, 0.29) is 16.7 Å². The van der Waals surface area contributed by atoms with Crippen LogP contribution < -0.4 is 9.80 Å². The van der Waals surface area contributed by atoms with Crippen molar-refractivity contribution >= 4 is 99.5 Å². The van der Waals surface area contributed by atoms with E-state index in [1.165, 1.54) is 33.4 Å². The number of hydrogen-bond acceptors (Lipinski definition) is 4. The maximum atomic E-state index is 7.12. The van der Waals surface area contributed by atoms with Crippen LogP contribution in [0.3, 0.4) is 0 Å². The molecule has 4 heteroatoms. The van der Waals surface area contributed by atoms with E-state index in [1.807, 2.05) is 0 Å². The normalized spacial score (nSPS) is 12.3. The first-order valence-electron chi connectivity index (χ1n) is 27.1. The number of nitrogens with zero attached hydrogens (tertiary/aromatic N) is 2. The van der Waals surface area contributed by atoms with Crippen molar-refractivity contribution < 1.29 is 8.83 Å². The molecule has 0 aliphatic heterocycles. The number of para-hydroxylation sites is 4. The van der Waals surface area contributed by atoms with Crippen molar-refractivity contribution in [2.75, 3.05) is 9.80 Å². The van der Waals surface area contributed by atoms with E-state index in [2.05, 4.69) is 290 Å². The highest BCUT2D eigenvalue weighted by Crippen LogP contribution is 2.50. The Morgan fingerprint density at radius 3 is 1.26 bits per heavy atom. The first-order valence-corrected chi connectivity index (χ1v) is 27.1. The van der Waals surface area contributed by atoms with Crippen LogP contribution in [0.5, 0.6) is 0 Å². The van der Waals surface area contributed by atoms with Crippen molar-refractivity contribution in [3.63, 3.8) is 0 Å². The molecule has 2 aromatic heterocycles. The van der Waals surface area contributed by atoms with Crippen molar-refractivity contribution in [1.29, 1.82) is 0 Å². The molecule has 0 radical (unpaired) electrons. The van der Waals surface area contributed by atoms with Crippen molar-refractivity contribution in [3.8, 4) is 22.3 Å². The zero-order valence-corrected chi connectivity index (χ0v) is 45.2. The summed E-state index contributed by atoms with van der Waals surface area (Å²) in [4.78, 5) is 4.89. The predicted octanol–water partition coefficient (Wildman–Crippen LogP) is 21.8. The van der Waals surface area contributed by atoms with Gasteiger partial charge in [0, 0.05) is 61.0 Å². The second-order valence-corrected chi connectivity index (χ2v) is 23.1. The van der Waals surface area contributed by atoms with Crippen LogP contribution in [0.1, 0.15) is 78.0 Å². The number of fused-ring (bicyclic) bond motifs is 8. The van der Waals surface area contributed by atoms with Gasteiger partial charge in [-0.25, -0.2) is 0 Å². The van der Waals surface area contributed by atoms with Gasteiger partial charge in [0.15, 0.2) is 0 Å². The Bertz CT molecular complexity index is 4230. The zero-order chi connectivity index (χ0) is 52.7. The Labute approximate surface area is 451 Å². The summed E-state index contributed by atoms with van der Waals surface area (Å²) in [6.07, 6.45) is 0. The fourth-order valence-corrected chi connectivity index (χ4v) is 12.0. The molecule has 0 spiro atoms. The topological polar surface area (TPSA) is 32.8 Å². The number of hydrogen-bond donors (Lipinski definition) is 0. The third kappa shape index (κ3) is 8.31. The molecule has 13 rings (SSSR count). The van der Waals surface area contributed by atoms with Crippen LogP contribution in [-0.2, 0) is 10.8 Å². The monoisotopic (exact) mass is 998 g/mol. The van der Waals surface area contributed by atoms with E-state index >= 15 is 0 Å². The van der Waals surface area contributed by atoms with Crippen molar-refractivity contribution in [2.24, 2.45) is 0 Å². The van der Waals surface area contributed by atoms with Crippen LogP contribution in [0.25, 0.3) is 87.7 Å². The summed E-state index contributed by atoms with van der Waals surface area (Å²) in [5.41, 5.74) is 18.4. The fourth-order valence-electron chi connectivity index (χ4n) is 12.0. The van der Waals surface area contributed by atoms with Gasteiger partial charge in [-0.3, -0.25) is 0 Å². The van der Waals surface area contributed by atoms with Crippen LogP contribution in [-0.4, -0.2) is 0 Å². The summed E-state index contributed by atoms with van der Waals surface area (Å²) in [5, 5.41) is 8.87. The van der Waals surface area contributed by atoms with Crippen molar-refractivity contribution in [3.05, 3.63) is 241 Å². The van der Waals surface area contributed by atoms with E-state index in [0.717, 1.165) is 105 Å². The summed E-state index contributed by atoms with van der Waals surface area (Å²) >= 11 is 0. The standard InChI is InChI=1S/C73H62N2O2/c1-46(2)69-70-59-42-50-36-38-54(75(65-34-22-18-30-61(65)73(6,7)8)63-32-20-16-28-56(63)48-25-13-10-14-26-48)40-52(50)44-67(59)76-68(70)45-58-57-41-49-35-37-53(39-51(49)43-66(57)77-71(58)69)74(64-33-21-17-29-60(64)72(3,4)5)62-31-19-15-27-55(62)47-23-11-9-12-24-47/h9-46H,1-8H3. The number of benzene rings is 11. The molecule has 2 heterocycles. The summed E-state index contributed by atoms with van der Waals surface area (Å²) in [6.45, 7) is 18.3. The largest absolute Gasteiger partial charge is 0.456 e.